The molecule has 2 rings (SSSR count). The molecule has 0 N–H and O–H groups in total. The summed E-state index contributed by atoms with van der Waals surface area (Å²) in [6.45, 7) is 3.37. The SMILES string of the molecule is O=S(=O)(CCN1CCOCC1)Oc1ccccc1. The van der Waals surface area contributed by atoms with Crippen LogP contribution in [0.25, 0.3) is 0 Å². The summed E-state index contributed by atoms with van der Waals surface area (Å²) >= 11 is 0. The Balaban J connectivity index is 1.83. The molecule has 6 heteroatoms. The molecule has 1 fully saturated rings. The predicted octanol–water partition coefficient (Wildman–Crippen LogP) is 0.727. The van der Waals surface area contributed by atoms with Crippen LogP contribution in [0.1, 0.15) is 0 Å². The molecule has 1 aliphatic heterocycles. The van der Waals surface area contributed by atoms with E-state index in [0.29, 0.717) is 25.5 Å². The van der Waals surface area contributed by atoms with Crippen LogP contribution < -0.4 is 4.18 Å². The highest BCUT2D eigenvalue weighted by atomic mass is 32.2. The second kappa shape index (κ2) is 6.17. The summed E-state index contributed by atoms with van der Waals surface area (Å²) in [4.78, 5) is 2.06. The van der Waals surface area contributed by atoms with Crippen molar-refractivity contribution in [3.05, 3.63) is 30.3 Å². The first kappa shape index (κ1) is 13.3. The van der Waals surface area contributed by atoms with Gasteiger partial charge in [0.05, 0.1) is 19.0 Å². The average molecular weight is 271 g/mol. The van der Waals surface area contributed by atoms with Gasteiger partial charge in [0.2, 0.25) is 0 Å². The summed E-state index contributed by atoms with van der Waals surface area (Å²) in [7, 11) is -3.52. The second-order valence-corrected chi connectivity index (χ2v) is 5.80. The maximum Gasteiger partial charge on any atom is 0.310 e. The molecule has 0 spiro atoms. The van der Waals surface area contributed by atoms with Gasteiger partial charge in [-0.25, -0.2) is 0 Å². The van der Waals surface area contributed by atoms with Gasteiger partial charge in [-0.05, 0) is 12.1 Å². The molecule has 0 aromatic heterocycles. The van der Waals surface area contributed by atoms with E-state index in [2.05, 4.69) is 4.90 Å². The van der Waals surface area contributed by atoms with E-state index in [1.807, 2.05) is 6.07 Å². The van der Waals surface area contributed by atoms with Crippen LogP contribution in [0.5, 0.6) is 5.75 Å². The molecule has 0 unspecified atom stereocenters. The van der Waals surface area contributed by atoms with E-state index in [-0.39, 0.29) is 5.75 Å². The molecular formula is C12H17NO4S. The quantitative estimate of drug-likeness (QED) is 0.739. The minimum absolute atomic E-state index is 0.00188. The third-order valence-corrected chi connectivity index (χ3v) is 3.86. The van der Waals surface area contributed by atoms with Crippen LogP contribution >= 0.6 is 0 Å². The van der Waals surface area contributed by atoms with Gasteiger partial charge in [-0.2, -0.15) is 8.42 Å². The Morgan fingerprint density at radius 3 is 2.50 bits per heavy atom. The number of nitrogens with zero attached hydrogens (tertiary/aromatic N) is 1. The molecule has 1 aromatic rings. The molecule has 1 aliphatic rings. The van der Waals surface area contributed by atoms with Crippen molar-refractivity contribution in [2.45, 2.75) is 0 Å². The van der Waals surface area contributed by atoms with Gasteiger partial charge in [-0.1, -0.05) is 18.2 Å². The fourth-order valence-corrected chi connectivity index (χ4v) is 2.70. The molecule has 0 radical (unpaired) electrons. The smallest absolute Gasteiger partial charge is 0.310 e. The van der Waals surface area contributed by atoms with Gasteiger partial charge >= 0.3 is 10.1 Å². The van der Waals surface area contributed by atoms with E-state index < -0.39 is 10.1 Å². The van der Waals surface area contributed by atoms with Crippen molar-refractivity contribution in [3.8, 4) is 5.75 Å². The molecule has 0 bridgehead atoms. The molecule has 0 atom stereocenters. The molecule has 18 heavy (non-hydrogen) atoms. The summed E-state index contributed by atoms with van der Waals surface area (Å²) in [5.41, 5.74) is 0. The molecule has 0 saturated carbocycles. The van der Waals surface area contributed by atoms with Crippen molar-refractivity contribution in [1.82, 2.24) is 4.90 Å². The summed E-state index contributed by atoms with van der Waals surface area (Å²) in [5, 5.41) is 0. The second-order valence-electron chi connectivity index (χ2n) is 4.11. The number of rotatable bonds is 5. The highest BCUT2D eigenvalue weighted by Crippen LogP contribution is 2.12. The Kier molecular flexibility index (Phi) is 4.57. The van der Waals surface area contributed by atoms with Crippen molar-refractivity contribution in [2.75, 3.05) is 38.6 Å². The average Bonchev–Trinajstić information content (AvgIpc) is 2.38. The maximum atomic E-state index is 11.8. The molecule has 1 aromatic carbocycles. The number of benzene rings is 1. The largest absolute Gasteiger partial charge is 0.382 e. The number of morpholine rings is 1. The normalized spacial score (nSPS) is 17.6. The van der Waals surface area contributed by atoms with Crippen molar-refractivity contribution >= 4 is 10.1 Å². The number of hydrogen-bond donors (Lipinski definition) is 0. The molecule has 5 nitrogen and oxygen atoms in total. The van der Waals surface area contributed by atoms with Crippen LogP contribution in [0.4, 0.5) is 0 Å². The zero-order chi connectivity index (χ0) is 12.8. The standard InChI is InChI=1S/C12H17NO4S/c14-18(15,17-12-4-2-1-3-5-12)11-8-13-6-9-16-10-7-13/h1-5H,6-11H2. The molecule has 1 saturated heterocycles. The Labute approximate surface area is 107 Å². The lowest BCUT2D eigenvalue weighted by Crippen LogP contribution is -2.39. The highest BCUT2D eigenvalue weighted by Gasteiger charge is 2.17. The van der Waals surface area contributed by atoms with E-state index >= 15 is 0 Å². The zero-order valence-corrected chi connectivity index (χ0v) is 10.9. The fourth-order valence-electron chi connectivity index (χ4n) is 1.73. The monoisotopic (exact) mass is 271 g/mol. The third-order valence-electron chi connectivity index (χ3n) is 2.73. The minimum Gasteiger partial charge on any atom is -0.382 e. The van der Waals surface area contributed by atoms with E-state index in [1.54, 1.807) is 24.3 Å². The first-order valence-electron chi connectivity index (χ1n) is 5.93. The number of para-hydroxylation sites is 1. The van der Waals surface area contributed by atoms with E-state index in [1.165, 1.54) is 0 Å². The summed E-state index contributed by atoms with van der Waals surface area (Å²) in [5.74, 6) is 0.363. The van der Waals surface area contributed by atoms with Gasteiger partial charge in [0.15, 0.2) is 0 Å². The Bertz CT molecular complexity index is 454. The van der Waals surface area contributed by atoms with Crippen LogP contribution in [0.3, 0.4) is 0 Å². The Hall–Kier alpha value is -1.11. The lowest BCUT2D eigenvalue weighted by molar-refractivity contribution is 0.0406. The van der Waals surface area contributed by atoms with Crippen LogP contribution in [0.2, 0.25) is 0 Å². The molecule has 1 heterocycles. The van der Waals surface area contributed by atoms with Gasteiger partial charge in [0.1, 0.15) is 5.75 Å². The summed E-state index contributed by atoms with van der Waals surface area (Å²) in [6, 6.07) is 8.56. The predicted molar refractivity (Wildman–Crippen MR) is 68.1 cm³/mol. The van der Waals surface area contributed by atoms with Gasteiger partial charge in [0.25, 0.3) is 0 Å². The third kappa shape index (κ3) is 4.29. The number of ether oxygens (including phenoxy) is 1. The van der Waals surface area contributed by atoms with Crippen molar-refractivity contribution in [1.29, 1.82) is 0 Å². The van der Waals surface area contributed by atoms with Gasteiger partial charge in [-0.15, -0.1) is 0 Å². The van der Waals surface area contributed by atoms with E-state index in [0.717, 1.165) is 13.1 Å². The fraction of sp³-hybridized carbons (Fsp3) is 0.500. The molecule has 0 aliphatic carbocycles. The Morgan fingerprint density at radius 1 is 1.17 bits per heavy atom. The van der Waals surface area contributed by atoms with Crippen LogP contribution in [0.15, 0.2) is 30.3 Å². The van der Waals surface area contributed by atoms with E-state index in [4.69, 9.17) is 8.92 Å². The maximum absolute atomic E-state index is 11.8. The lowest BCUT2D eigenvalue weighted by Gasteiger charge is -2.26. The Morgan fingerprint density at radius 2 is 1.83 bits per heavy atom. The van der Waals surface area contributed by atoms with Crippen molar-refractivity contribution < 1.29 is 17.3 Å². The van der Waals surface area contributed by atoms with E-state index in [9.17, 15) is 8.42 Å². The molecular weight excluding hydrogens is 254 g/mol. The van der Waals surface area contributed by atoms with Gasteiger partial charge in [-0.3, -0.25) is 4.90 Å². The zero-order valence-electron chi connectivity index (χ0n) is 10.1. The topological polar surface area (TPSA) is 55.8 Å². The highest BCUT2D eigenvalue weighted by molar-refractivity contribution is 7.87. The van der Waals surface area contributed by atoms with Crippen molar-refractivity contribution in [3.63, 3.8) is 0 Å². The molecule has 0 amide bonds. The number of hydrogen-bond acceptors (Lipinski definition) is 5. The first-order valence-corrected chi connectivity index (χ1v) is 7.51. The summed E-state index contributed by atoms with van der Waals surface area (Å²) in [6.07, 6.45) is 0. The van der Waals surface area contributed by atoms with Crippen LogP contribution in [0, 0.1) is 0 Å². The first-order chi connectivity index (χ1) is 8.66. The summed E-state index contributed by atoms with van der Waals surface area (Å²) < 4.78 is 33.7. The lowest BCUT2D eigenvalue weighted by atomic mass is 10.3. The molecule has 100 valence electrons. The van der Waals surface area contributed by atoms with Crippen LogP contribution in [-0.4, -0.2) is 51.9 Å². The van der Waals surface area contributed by atoms with Crippen LogP contribution in [-0.2, 0) is 14.9 Å². The van der Waals surface area contributed by atoms with Crippen molar-refractivity contribution in [2.24, 2.45) is 0 Å². The van der Waals surface area contributed by atoms with Gasteiger partial charge in [0, 0.05) is 19.6 Å². The minimum atomic E-state index is -3.52. The van der Waals surface area contributed by atoms with Gasteiger partial charge < -0.3 is 8.92 Å².